The molecule has 0 aliphatic rings. The Morgan fingerprint density at radius 1 is 1.11 bits per heavy atom. The van der Waals surface area contributed by atoms with Gasteiger partial charge in [0, 0.05) is 25.3 Å². The number of carbonyl (C=O) groups is 2. The molecule has 0 amide bonds. The summed E-state index contributed by atoms with van der Waals surface area (Å²) in [6.45, 7) is 5.24. The van der Waals surface area contributed by atoms with Crippen LogP contribution in [0.2, 0.25) is 0 Å². The van der Waals surface area contributed by atoms with Crippen LogP contribution in [-0.4, -0.2) is 32.0 Å². The van der Waals surface area contributed by atoms with Gasteiger partial charge in [-0.1, -0.05) is 29.8 Å². The predicted octanol–water partition coefficient (Wildman–Crippen LogP) is 4.09. The number of rotatable bonds is 6. The van der Waals surface area contributed by atoms with Gasteiger partial charge in [0.1, 0.15) is 11.6 Å². The number of hydrogen-bond donors (Lipinski definition) is 0. The van der Waals surface area contributed by atoms with E-state index in [9.17, 15) is 14.9 Å². The maximum atomic E-state index is 12.6. The lowest BCUT2D eigenvalue weighted by Gasteiger charge is -2.14. The van der Waals surface area contributed by atoms with Crippen molar-refractivity contribution in [2.45, 2.75) is 26.9 Å². The minimum atomic E-state index is -0.985. The maximum absolute atomic E-state index is 12.6. The van der Waals surface area contributed by atoms with E-state index in [1.54, 1.807) is 6.07 Å². The Kier molecular flexibility index (Phi) is 6.73. The number of ether oxygens (including phenoxy) is 1. The summed E-state index contributed by atoms with van der Waals surface area (Å²) in [5.41, 5.74) is 3.83. The van der Waals surface area contributed by atoms with E-state index in [0.29, 0.717) is 11.1 Å². The van der Waals surface area contributed by atoms with Crippen molar-refractivity contribution in [3.05, 3.63) is 70.3 Å². The number of Topliss-reactive ketones (excluding diaryl/α,β-unsaturated/α-hetero) is 1. The fourth-order valence-corrected chi connectivity index (χ4v) is 2.67. The van der Waals surface area contributed by atoms with Gasteiger partial charge >= 0.3 is 5.97 Å². The molecule has 2 rings (SSSR count). The lowest BCUT2D eigenvalue weighted by Crippen LogP contribution is -2.25. The summed E-state index contributed by atoms with van der Waals surface area (Å²) in [5, 5.41) is 9.34. The summed E-state index contributed by atoms with van der Waals surface area (Å²) in [7, 11) is 3.86. The van der Waals surface area contributed by atoms with Gasteiger partial charge in [0.25, 0.3) is 0 Å². The highest BCUT2D eigenvalue weighted by molar-refractivity contribution is 6.04. The molecule has 1 atom stereocenters. The van der Waals surface area contributed by atoms with E-state index in [1.165, 1.54) is 13.0 Å². The first-order valence-electron chi connectivity index (χ1n) is 8.94. The Bertz CT molecular complexity index is 951. The average molecular weight is 376 g/mol. The highest BCUT2D eigenvalue weighted by Crippen LogP contribution is 2.17. The Balaban J connectivity index is 2.15. The van der Waals surface area contributed by atoms with Crippen molar-refractivity contribution < 1.29 is 14.3 Å². The third-order valence-electron chi connectivity index (χ3n) is 4.37. The van der Waals surface area contributed by atoms with Crippen molar-refractivity contribution in [1.29, 1.82) is 5.26 Å². The SMILES string of the molecule is Cc1ccc(C)c(C(=O)[C@@H](C)OC(=O)/C(C#N)=C/c2ccc(N(C)C)cc2)c1. The molecule has 0 heterocycles. The van der Waals surface area contributed by atoms with Crippen LogP contribution in [0.15, 0.2) is 48.0 Å². The number of aryl methyl sites for hydroxylation is 2. The zero-order valence-corrected chi connectivity index (χ0v) is 16.8. The molecule has 0 aromatic heterocycles. The van der Waals surface area contributed by atoms with Gasteiger partial charge in [-0.2, -0.15) is 5.26 Å². The summed E-state index contributed by atoms with van der Waals surface area (Å²) >= 11 is 0. The molecule has 0 radical (unpaired) electrons. The van der Waals surface area contributed by atoms with Crippen LogP contribution in [0.1, 0.15) is 34.0 Å². The molecule has 0 aliphatic heterocycles. The van der Waals surface area contributed by atoms with Crippen molar-refractivity contribution in [3.8, 4) is 6.07 Å². The number of hydrogen-bond acceptors (Lipinski definition) is 5. The van der Waals surface area contributed by atoms with Gasteiger partial charge in [-0.05, 0) is 56.2 Å². The fourth-order valence-electron chi connectivity index (χ4n) is 2.67. The first-order valence-corrected chi connectivity index (χ1v) is 8.94. The summed E-state index contributed by atoms with van der Waals surface area (Å²) in [4.78, 5) is 27.0. The van der Waals surface area contributed by atoms with Crippen molar-refractivity contribution in [1.82, 2.24) is 0 Å². The van der Waals surface area contributed by atoms with Gasteiger partial charge in [0.15, 0.2) is 6.10 Å². The summed E-state index contributed by atoms with van der Waals surface area (Å²) in [6.07, 6.45) is 0.470. The largest absolute Gasteiger partial charge is 0.450 e. The minimum absolute atomic E-state index is 0.154. The number of carbonyl (C=O) groups excluding carboxylic acids is 2. The zero-order valence-electron chi connectivity index (χ0n) is 16.8. The number of anilines is 1. The Morgan fingerprint density at radius 3 is 2.32 bits per heavy atom. The van der Waals surface area contributed by atoms with Gasteiger partial charge in [0.05, 0.1) is 0 Å². The molecule has 0 spiro atoms. The molecular formula is C23H24N2O3. The normalized spacial score (nSPS) is 12.1. The predicted molar refractivity (Wildman–Crippen MR) is 110 cm³/mol. The van der Waals surface area contributed by atoms with Gasteiger partial charge in [-0.25, -0.2) is 4.79 Å². The van der Waals surface area contributed by atoms with Crippen LogP contribution in [0.4, 0.5) is 5.69 Å². The highest BCUT2D eigenvalue weighted by Gasteiger charge is 2.23. The zero-order chi connectivity index (χ0) is 20.8. The Morgan fingerprint density at radius 2 is 1.75 bits per heavy atom. The standard InChI is InChI=1S/C23H24N2O3/c1-15-6-7-16(2)21(12-15)22(26)17(3)28-23(27)19(14-24)13-18-8-10-20(11-9-18)25(4)5/h6-13,17H,1-5H3/b19-13+/t17-/m1/s1. The summed E-state index contributed by atoms with van der Waals surface area (Å²) in [6, 6.07) is 14.8. The molecule has 144 valence electrons. The van der Waals surface area contributed by atoms with Gasteiger partial charge < -0.3 is 9.64 Å². The quantitative estimate of drug-likeness (QED) is 0.329. The van der Waals surface area contributed by atoms with Crippen LogP contribution in [0, 0.1) is 25.2 Å². The molecule has 5 nitrogen and oxygen atoms in total. The van der Waals surface area contributed by atoms with Crippen LogP contribution >= 0.6 is 0 Å². The number of benzene rings is 2. The van der Waals surface area contributed by atoms with Crippen LogP contribution < -0.4 is 4.90 Å². The van der Waals surface area contributed by atoms with E-state index in [0.717, 1.165) is 16.8 Å². The molecule has 28 heavy (non-hydrogen) atoms. The van der Waals surface area contributed by atoms with Crippen LogP contribution in [-0.2, 0) is 9.53 Å². The second-order valence-electron chi connectivity index (χ2n) is 6.89. The first-order chi connectivity index (χ1) is 13.2. The van der Waals surface area contributed by atoms with E-state index in [1.807, 2.05) is 75.3 Å². The summed E-state index contributed by atoms with van der Waals surface area (Å²) in [5.74, 6) is -1.10. The molecule has 2 aromatic rings. The van der Waals surface area contributed by atoms with Crippen molar-refractivity contribution in [2.24, 2.45) is 0 Å². The molecule has 5 heteroatoms. The van der Waals surface area contributed by atoms with E-state index < -0.39 is 12.1 Å². The lowest BCUT2D eigenvalue weighted by molar-refractivity contribution is -0.141. The van der Waals surface area contributed by atoms with E-state index in [-0.39, 0.29) is 11.4 Å². The maximum Gasteiger partial charge on any atom is 0.349 e. The molecule has 0 saturated carbocycles. The van der Waals surface area contributed by atoms with Crippen molar-refractivity contribution >= 4 is 23.5 Å². The Labute approximate surface area is 165 Å². The number of nitriles is 1. The van der Waals surface area contributed by atoms with Gasteiger partial charge in [0.2, 0.25) is 5.78 Å². The number of esters is 1. The van der Waals surface area contributed by atoms with E-state index in [4.69, 9.17) is 4.74 Å². The first kappa shape index (κ1) is 20.9. The number of nitrogens with zero attached hydrogens (tertiary/aromatic N) is 2. The number of ketones is 1. The molecule has 0 N–H and O–H groups in total. The molecule has 0 fully saturated rings. The molecular weight excluding hydrogens is 352 g/mol. The van der Waals surface area contributed by atoms with Crippen molar-refractivity contribution in [2.75, 3.05) is 19.0 Å². The fraction of sp³-hybridized carbons (Fsp3) is 0.261. The molecule has 0 saturated heterocycles. The lowest BCUT2D eigenvalue weighted by atomic mass is 9.99. The minimum Gasteiger partial charge on any atom is -0.450 e. The monoisotopic (exact) mass is 376 g/mol. The van der Waals surface area contributed by atoms with E-state index in [2.05, 4.69) is 0 Å². The van der Waals surface area contributed by atoms with E-state index >= 15 is 0 Å². The summed E-state index contributed by atoms with van der Waals surface area (Å²) < 4.78 is 5.26. The highest BCUT2D eigenvalue weighted by atomic mass is 16.5. The Hall–Kier alpha value is -3.39. The van der Waals surface area contributed by atoms with Gasteiger partial charge in [-0.3, -0.25) is 4.79 Å². The molecule has 2 aromatic carbocycles. The topological polar surface area (TPSA) is 70.4 Å². The smallest absolute Gasteiger partial charge is 0.349 e. The second kappa shape index (κ2) is 9.01. The molecule has 0 aliphatic carbocycles. The molecule has 0 bridgehead atoms. The molecule has 0 unspecified atom stereocenters. The average Bonchev–Trinajstić information content (AvgIpc) is 2.67. The third-order valence-corrected chi connectivity index (χ3v) is 4.37. The van der Waals surface area contributed by atoms with Gasteiger partial charge in [-0.15, -0.1) is 0 Å². The second-order valence-corrected chi connectivity index (χ2v) is 6.89. The van der Waals surface area contributed by atoms with Crippen LogP contribution in [0.25, 0.3) is 6.08 Å². The van der Waals surface area contributed by atoms with Crippen LogP contribution in [0.5, 0.6) is 0 Å². The third kappa shape index (κ3) is 5.08. The van der Waals surface area contributed by atoms with Crippen molar-refractivity contribution in [3.63, 3.8) is 0 Å². The van der Waals surface area contributed by atoms with Crippen LogP contribution in [0.3, 0.4) is 0 Å².